The molecule has 0 saturated heterocycles. The molecular formula is C10H13ClFNO2. The molecule has 0 aliphatic heterocycles. The van der Waals surface area contributed by atoms with Crippen LogP contribution in [0, 0.1) is 5.82 Å². The minimum atomic E-state index is -0.929. The van der Waals surface area contributed by atoms with Crippen molar-refractivity contribution in [1.29, 1.82) is 0 Å². The van der Waals surface area contributed by atoms with Gasteiger partial charge in [0.05, 0.1) is 5.92 Å². The van der Waals surface area contributed by atoms with E-state index in [1.54, 1.807) is 0 Å². The predicted octanol–water partition coefficient (Wildman–Crippen LogP) is 1.76. The summed E-state index contributed by atoms with van der Waals surface area (Å²) in [5.41, 5.74) is 5.88. The van der Waals surface area contributed by atoms with Crippen molar-refractivity contribution in [3.63, 3.8) is 0 Å². The Bertz CT molecular complexity index is 316. The summed E-state index contributed by atoms with van der Waals surface area (Å²) >= 11 is 0. The van der Waals surface area contributed by atoms with Crippen molar-refractivity contribution >= 4 is 18.4 Å². The molecule has 0 amide bonds. The predicted molar refractivity (Wildman–Crippen MR) is 57.7 cm³/mol. The molecule has 1 atom stereocenters. The maximum Gasteiger partial charge on any atom is 0.311 e. The Morgan fingerprint density at radius 1 is 1.40 bits per heavy atom. The Labute approximate surface area is 93.5 Å². The zero-order valence-corrected chi connectivity index (χ0v) is 8.84. The lowest BCUT2D eigenvalue weighted by molar-refractivity contribution is -0.138. The molecule has 5 heteroatoms. The number of rotatable bonds is 4. The van der Waals surface area contributed by atoms with E-state index in [1.165, 1.54) is 24.3 Å². The van der Waals surface area contributed by atoms with Crippen LogP contribution >= 0.6 is 12.4 Å². The van der Waals surface area contributed by atoms with Gasteiger partial charge in [0.15, 0.2) is 0 Å². The molecule has 0 spiro atoms. The Hall–Kier alpha value is -1.13. The van der Waals surface area contributed by atoms with E-state index in [0.29, 0.717) is 18.5 Å². The maximum absolute atomic E-state index is 12.6. The second kappa shape index (κ2) is 6.37. The summed E-state index contributed by atoms with van der Waals surface area (Å²) in [4.78, 5) is 10.8. The zero-order chi connectivity index (χ0) is 10.6. The second-order valence-corrected chi connectivity index (χ2v) is 3.02. The molecule has 3 N–H and O–H groups in total. The van der Waals surface area contributed by atoms with Gasteiger partial charge in [0.1, 0.15) is 5.82 Å². The highest BCUT2D eigenvalue weighted by Gasteiger charge is 2.18. The van der Waals surface area contributed by atoms with Crippen LogP contribution in [0.4, 0.5) is 4.39 Å². The number of carboxylic acids is 1. The monoisotopic (exact) mass is 233 g/mol. The molecule has 1 unspecified atom stereocenters. The Morgan fingerprint density at radius 3 is 2.33 bits per heavy atom. The Kier molecular flexibility index (Phi) is 5.89. The molecule has 1 aromatic carbocycles. The number of carboxylic acid groups (broad SMARTS) is 1. The molecule has 0 aliphatic rings. The van der Waals surface area contributed by atoms with Gasteiger partial charge in [0, 0.05) is 0 Å². The number of aliphatic carboxylic acids is 1. The van der Waals surface area contributed by atoms with E-state index in [4.69, 9.17) is 10.8 Å². The van der Waals surface area contributed by atoms with Crippen LogP contribution in [0.2, 0.25) is 0 Å². The van der Waals surface area contributed by atoms with Gasteiger partial charge in [-0.1, -0.05) is 12.1 Å². The van der Waals surface area contributed by atoms with E-state index < -0.39 is 11.9 Å². The smallest absolute Gasteiger partial charge is 0.311 e. The third kappa shape index (κ3) is 3.85. The average molecular weight is 234 g/mol. The van der Waals surface area contributed by atoms with E-state index in [1.807, 2.05) is 0 Å². The molecule has 1 rings (SSSR count). The van der Waals surface area contributed by atoms with Crippen molar-refractivity contribution in [2.75, 3.05) is 6.54 Å². The molecule has 0 saturated carbocycles. The molecule has 0 aromatic heterocycles. The first-order valence-corrected chi connectivity index (χ1v) is 4.33. The van der Waals surface area contributed by atoms with E-state index in [2.05, 4.69) is 0 Å². The summed E-state index contributed by atoms with van der Waals surface area (Å²) in [6.07, 6.45) is 0.362. The highest BCUT2D eigenvalue weighted by Crippen LogP contribution is 2.19. The molecular weight excluding hydrogens is 221 g/mol. The Balaban J connectivity index is 0.00000196. The van der Waals surface area contributed by atoms with Gasteiger partial charge < -0.3 is 10.8 Å². The lowest BCUT2D eigenvalue weighted by Crippen LogP contribution is -2.16. The van der Waals surface area contributed by atoms with Gasteiger partial charge >= 0.3 is 5.97 Å². The van der Waals surface area contributed by atoms with Gasteiger partial charge in [-0.3, -0.25) is 4.79 Å². The number of nitrogens with two attached hydrogens (primary N) is 1. The lowest BCUT2D eigenvalue weighted by atomic mass is 9.96. The summed E-state index contributed by atoms with van der Waals surface area (Å²) in [6, 6.07) is 5.46. The van der Waals surface area contributed by atoms with E-state index in [9.17, 15) is 9.18 Å². The van der Waals surface area contributed by atoms with Crippen molar-refractivity contribution in [3.8, 4) is 0 Å². The summed E-state index contributed by atoms with van der Waals surface area (Å²) in [5, 5.41) is 8.88. The molecule has 3 nitrogen and oxygen atoms in total. The topological polar surface area (TPSA) is 63.3 Å². The minimum absolute atomic E-state index is 0. The molecule has 0 bridgehead atoms. The fourth-order valence-electron chi connectivity index (χ4n) is 1.29. The van der Waals surface area contributed by atoms with Gasteiger partial charge in [0.25, 0.3) is 0 Å². The van der Waals surface area contributed by atoms with Crippen LogP contribution < -0.4 is 5.73 Å². The van der Waals surface area contributed by atoms with Crippen LogP contribution in [0.3, 0.4) is 0 Å². The quantitative estimate of drug-likeness (QED) is 0.833. The number of benzene rings is 1. The first-order chi connectivity index (χ1) is 6.65. The lowest BCUT2D eigenvalue weighted by Gasteiger charge is -2.10. The first-order valence-electron chi connectivity index (χ1n) is 4.33. The number of hydrogen-bond donors (Lipinski definition) is 2. The second-order valence-electron chi connectivity index (χ2n) is 3.02. The van der Waals surface area contributed by atoms with Crippen LogP contribution in [0.5, 0.6) is 0 Å². The molecule has 15 heavy (non-hydrogen) atoms. The van der Waals surface area contributed by atoms with Crippen molar-refractivity contribution in [1.82, 2.24) is 0 Å². The van der Waals surface area contributed by atoms with Crippen molar-refractivity contribution in [2.45, 2.75) is 12.3 Å². The van der Waals surface area contributed by atoms with Crippen molar-refractivity contribution < 1.29 is 14.3 Å². The standard InChI is InChI=1S/C10H12FNO2.ClH/c11-8-3-1-7(2-4-8)9(5-6-12)10(13)14;/h1-4,9H,5-6,12H2,(H,13,14);1H. The summed E-state index contributed by atoms with van der Waals surface area (Å²) in [5.74, 6) is -1.94. The average Bonchev–Trinajstić information content (AvgIpc) is 2.15. The largest absolute Gasteiger partial charge is 0.481 e. The minimum Gasteiger partial charge on any atom is -0.481 e. The van der Waals surface area contributed by atoms with Crippen molar-refractivity contribution in [2.24, 2.45) is 5.73 Å². The van der Waals surface area contributed by atoms with Crippen LogP contribution in [0.15, 0.2) is 24.3 Å². The van der Waals surface area contributed by atoms with Gasteiger partial charge in [-0.05, 0) is 30.7 Å². The molecule has 0 fully saturated rings. The highest BCUT2D eigenvalue weighted by molar-refractivity contribution is 5.85. The number of carbonyl (C=O) groups is 1. The first kappa shape index (κ1) is 13.9. The molecule has 84 valence electrons. The molecule has 1 aromatic rings. The van der Waals surface area contributed by atoms with Crippen LogP contribution in [-0.2, 0) is 4.79 Å². The van der Waals surface area contributed by atoms with E-state index in [0.717, 1.165) is 0 Å². The van der Waals surface area contributed by atoms with E-state index >= 15 is 0 Å². The van der Waals surface area contributed by atoms with E-state index in [-0.39, 0.29) is 18.2 Å². The zero-order valence-electron chi connectivity index (χ0n) is 8.02. The van der Waals surface area contributed by atoms with Crippen LogP contribution in [-0.4, -0.2) is 17.6 Å². The van der Waals surface area contributed by atoms with Crippen LogP contribution in [0.1, 0.15) is 17.9 Å². The highest BCUT2D eigenvalue weighted by atomic mass is 35.5. The normalized spacial score (nSPS) is 11.6. The number of hydrogen-bond acceptors (Lipinski definition) is 2. The Morgan fingerprint density at radius 2 is 1.93 bits per heavy atom. The van der Waals surface area contributed by atoms with Gasteiger partial charge in [-0.15, -0.1) is 12.4 Å². The third-order valence-electron chi connectivity index (χ3n) is 2.03. The maximum atomic E-state index is 12.6. The summed E-state index contributed by atoms with van der Waals surface area (Å²) < 4.78 is 12.6. The SMILES string of the molecule is Cl.NCCC(C(=O)O)c1ccc(F)cc1. The van der Waals surface area contributed by atoms with Crippen LogP contribution in [0.25, 0.3) is 0 Å². The molecule has 0 heterocycles. The summed E-state index contributed by atoms with van der Waals surface area (Å²) in [7, 11) is 0. The number of halogens is 2. The molecule has 0 radical (unpaired) electrons. The van der Waals surface area contributed by atoms with Gasteiger partial charge in [0.2, 0.25) is 0 Å². The van der Waals surface area contributed by atoms with Crippen molar-refractivity contribution in [3.05, 3.63) is 35.6 Å². The van der Waals surface area contributed by atoms with Gasteiger partial charge in [-0.2, -0.15) is 0 Å². The third-order valence-corrected chi connectivity index (χ3v) is 2.03. The fourth-order valence-corrected chi connectivity index (χ4v) is 1.29. The molecule has 0 aliphatic carbocycles. The summed E-state index contributed by atoms with van der Waals surface area (Å²) in [6.45, 7) is 0.300. The fraction of sp³-hybridized carbons (Fsp3) is 0.300. The van der Waals surface area contributed by atoms with Gasteiger partial charge in [-0.25, -0.2) is 4.39 Å².